The smallest absolute Gasteiger partial charge is 0.252 e. The lowest BCUT2D eigenvalue weighted by molar-refractivity contribution is 0.669. The Kier molecular flexibility index (Phi) is 14.6. The van der Waals surface area contributed by atoms with Crippen molar-refractivity contribution in [2.75, 3.05) is 9.80 Å². The Hall–Kier alpha value is -14.2. The van der Waals surface area contributed by atoms with Crippen molar-refractivity contribution in [2.24, 2.45) is 0 Å². The van der Waals surface area contributed by atoms with E-state index < -0.39 is 6.71 Å². The summed E-state index contributed by atoms with van der Waals surface area (Å²) in [4.78, 5) is 21.3. The molecule has 8 heteroatoms. The Morgan fingerprint density at radius 1 is 0.243 bits per heavy atom. The van der Waals surface area contributed by atoms with Gasteiger partial charge in [-0.05, 0) is 109 Å². The van der Waals surface area contributed by atoms with Gasteiger partial charge in [-0.25, -0.2) is 15.0 Å². The molecule has 0 spiro atoms. The molecule has 0 unspecified atom stereocenters. The molecule has 0 saturated heterocycles. The number of para-hydroxylation sites is 5. The van der Waals surface area contributed by atoms with Gasteiger partial charge in [-0.15, -0.1) is 0 Å². The van der Waals surface area contributed by atoms with Crippen LogP contribution in [0.15, 0.2) is 387 Å². The fourth-order valence-corrected chi connectivity index (χ4v) is 16.8. The minimum Gasteiger partial charge on any atom is -0.454 e. The molecule has 7 nitrogen and oxygen atoms in total. The highest BCUT2D eigenvalue weighted by molar-refractivity contribution is 7.00. The zero-order valence-corrected chi connectivity index (χ0v) is 58.0. The highest BCUT2D eigenvalue weighted by Crippen LogP contribution is 2.56. The molecule has 107 heavy (non-hydrogen) atoms. The third kappa shape index (κ3) is 10.2. The van der Waals surface area contributed by atoms with Gasteiger partial charge in [0.05, 0.1) is 28.1 Å². The van der Waals surface area contributed by atoms with E-state index in [9.17, 15) is 0 Å². The van der Waals surface area contributed by atoms with E-state index in [1.54, 1.807) is 0 Å². The average molecular weight is 1360 g/mol. The Bertz CT molecular complexity index is 6400. The monoisotopic (exact) mass is 1360 g/mol. The molecule has 3 aromatic heterocycles. The summed E-state index contributed by atoms with van der Waals surface area (Å²) in [5.41, 5.74) is 30.1. The second-order valence-electron chi connectivity index (χ2n) is 27.7. The van der Waals surface area contributed by atoms with Crippen LogP contribution in [0.5, 0.6) is 0 Å². The van der Waals surface area contributed by atoms with Gasteiger partial charge in [0.2, 0.25) is 0 Å². The summed E-state index contributed by atoms with van der Waals surface area (Å²) >= 11 is 0. The van der Waals surface area contributed by atoms with Crippen molar-refractivity contribution < 1.29 is 4.42 Å². The first kappa shape index (κ1) is 61.5. The Morgan fingerprint density at radius 3 is 1.14 bits per heavy atom. The van der Waals surface area contributed by atoms with Crippen LogP contribution < -0.4 is 26.2 Å². The van der Waals surface area contributed by atoms with Crippen LogP contribution in [0.25, 0.3) is 150 Å². The number of anilines is 6. The lowest BCUT2D eigenvalue weighted by Gasteiger charge is -2.45. The van der Waals surface area contributed by atoms with Crippen LogP contribution in [-0.4, -0.2) is 26.2 Å². The van der Waals surface area contributed by atoms with Crippen molar-refractivity contribution in [3.05, 3.63) is 382 Å². The summed E-state index contributed by atoms with van der Waals surface area (Å²) in [5, 5.41) is 4.39. The molecule has 0 amide bonds. The Morgan fingerprint density at radius 2 is 0.636 bits per heavy atom. The fraction of sp³-hybridized carbons (Fsp3) is 0. The van der Waals surface area contributed by atoms with Gasteiger partial charge >= 0.3 is 0 Å². The average Bonchev–Trinajstić information content (AvgIpc) is 1.67. The highest BCUT2D eigenvalue weighted by Gasteiger charge is 2.47. The molecule has 0 radical (unpaired) electrons. The minimum absolute atomic E-state index is 0.412. The molecule has 16 aromatic carbocycles. The number of furan rings is 1. The standard InChI is InChI=1S/C99H63BN6O/c1-7-27-64(28-8-1)66-49-53-70(54-50-66)78-44-26-45-79(71-55-51-67(52-56-71)65-29-9-2-10-30-65)94(78)106-88-60-58-75(104-86-46-22-19-39-80(86)81-40-20-23-47-87(81)104)62-85(88)100-84-59-57-74(99-102-97(72-35-15-5-16-36-72)101-98(103-99)73-37-17-6-18-38-73)61-89(84)105(90-63-83-82-41-21-24-48-91(82)107-96(83)95(106)92(90)100)93-76(68-31-11-3-12-32-68)42-25-43-77(93)69-33-13-4-14-34-69/h1-63H. The van der Waals surface area contributed by atoms with Crippen molar-refractivity contribution in [3.63, 3.8) is 0 Å². The maximum Gasteiger partial charge on any atom is 0.252 e. The number of rotatable bonds is 12. The molecular formula is C99H63BN6O. The van der Waals surface area contributed by atoms with Crippen molar-refractivity contribution in [1.29, 1.82) is 0 Å². The summed E-state index contributed by atoms with van der Waals surface area (Å²) < 4.78 is 10.2. The molecule has 21 rings (SSSR count). The van der Waals surface area contributed by atoms with Crippen molar-refractivity contribution >= 4 is 101 Å². The number of aromatic nitrogens is 4. The maximum atomic E-state index is 7.69. The molecule has 0 aliphatic carbocycles. The van der Waals surface area contributed by atoms with Crippen molar-refractivity contribution in [2.45, 2.75) is 0 Å². The van der Waals surface area contributed by atoms with E-state index in [0.29, 0.717) is 17.5 Å². The van der Waals surface area contributed by atoms with Crippen molar-refractivity contribution in [3.8, 4) is 107 Å². The fourth-order valence-electron chi connectivity index (χ4n) is 16.8. The summed E-state index contributed by atoms with van der Waals surface area (Å²) in [6.07, 6.45) is 0. The first-order valence-corrected chi connectivity index (χ1v) is 36.5. The van der Waals surface area contributed by atoms with Crippen LogP contribution in [0.2, 0.25) is 0 Å². The third-order valence-electron chi connectivity index (χ3n) is 21.7. The minimum atomic E-state index is -0.412. The number of hydrogen-bond acceptors (Lipinski definition) is 6. The van der Waals surface area contributed by atoms with E-state index in [1.165, 1.54) is 10.8 Å². The maximum absolute atomic E-state index is 7.69. The quantitative estimate of drug-likeness (QED) is 0.114. The summed E-state index contributed by atoms with van der Waals surface area (Å²) in [5.74, 6) is 1.74. The Balaban J connectivity index is 0.920. The first-order valence-electron chi connectivity index (χ1n) is 36.5. The molecule has 5 heterocycles. The zero-order chi connectivity index (χ0) is 70.5. The summed E-state index contributed by atoms with van der Waals surface area (Å²) in [6, 6.07) is 139. The molecule has 19 aromatic rings. The van der Waals surface area contributed by atoms with E-state index >= 15 is 0 Å². The second kappa shape index (κ2) is 25.3. The SMILES string of the molecule is c1ccc(-c2ccc(-c3cccc(-c4ccc(-c5ccccc5)cc4)c3N3c4ccc(-n5c6ccccc6c6ccccc65)cc4B4c5ccc(-c6nc(-c7ccccc7)nc(-c7ccccc7)n6)cc5N(c5c(-c6ccccc6)cccc5-c5ccccc5)c5cc6c(oc7ccccc76)c3c54)cc2)cc1. The highest BCUT2D eigenvalue weighted by atomic mass is 16.3. The van der Waals surface area contributed by atoms with Crippen LogP contribution in [-0.2, 0) is 0 Å². The van der Waals surface area contributed by atoms with E-state index in [4.69, 9.17) is 19.4 Å². The second-order valence-corrected chi connectivity index (χ2v) is 27.7. The topological polar surface area (TPSA) is 63.2 Å². The number of benzene rings is 16. The third-order valence-corrected chi connectivity index (χ3v) is 21.7. The lowest BCUT2D eigenvalue weighted by atomic mass is 9.33. The van der Waals surface area contributed by atoms with E-state index in [2.05, 4.69) is 360 Å². The van der Waals surface area contributed by atoms with E-state index in [-0.39, 0.29) is 0 Å². The predicted molar refractivity (Wildman–Crippen MR) is 444 cm³/mol. The van der Waals surface area contributed by atoms with Gasteiger partial charge < -0.3 is 18.8 Å². The Labute approximate surface area is 619 Å². The molecule has 0 fully saturated rings. The molecule has 0 N–H and O–H groups in total. The lowest BCUT2D eigenvalue weighted by Crippen LogP contribution is -2.61. The number of hydrogen-bond donors (Lipinski definition) is 0. The van der Waals surface area contributed by atoms with Gasteiger partial charge in [-0.2, -0.15) is 0 Å². The largest absolute Gasteiger partial charge is 0.454 e. The molecule has 0 bridgehead atoms. The van der Waals surface area contributed by atoms with Crippen LogP contribution in [0.3, 0.4) is 0 Å². The van der Waals surface area contributed by atoms with Crippen LogP contribution >= 0.6 is 0 Å². The van der Waals surface area contributed by atoms with E-state index in [0.717, 1.165) is 173 Å². The van der Waals surface area contributed by atoms with Gasteiger partial charge in [-0.3, -0.25) is 0 Å². The van der Waals surface area contributed by atoms with Crippen LogP contribution in [0.4, 0.5) is 34.1 Å². The predicted octanol–water partition coefficient (Wildman–Crippen LogP) is 24.0. The van der Waals surface area contributed by atoms with Gasteiger partial charge in [0.25, 0.3) is 6.71 Å². The summed E-state index contributed by atoms with van der Waals surface area (Å²) in [7, 11) is 0. The summed E-state index contributed by atoms with van der Waals surface area (Å²) in [6.45, 7) is -0.412. The van der Waals surface area contributed by atoms with E-state index in [1.807, 2.05) is 36.4 Å². The van der Waals surface area contributed by atoms with Crippen LogP contribution in [0, 0.1) is 0 Å². The molecule has 0 saturated carbocycles. The molecule has 498 valence electrons. The van der Waals surface area contributed by atoms with Crippen LogP contribution in [0.1, 0.15) is 0 Å². The number of nitrogens with zero attached hydrogens (tertiary/aromatic N) is 6. The molecule has 0 atom stereocenters. The molecule has 2 aliphatic rings. The van der Waals surface area contributed by atoms with Crippen molar-refractivity contribution in [1.82, 2.24) is 19.5 Å². The van der Waals surface area contributed by atoms with Gasteiger partial charge in [0, 0.05) is 83.2 Å². The van der Waals surface area contributed by atoms with Gasteiger partial charge in [0.1, 0.15) is 5.58 Å². The van der Waals surface area contributed by atoms with Gasteiger partial charge in [-0.1, -0.05) is 334 Å². The zero-order valence-electron chi connectivity index (χ0n) is 58.0. The first-order chi connectivity index (χ1) is 53.1. The van der Waals surface area contributed by atoms with Gasteiger partial charge in [0.15, 0.2) is 23.1 Å². The molecule has 2 aliphatic heterocycles. The normalized spacial score (nSPS) is 12.2. The molecular weight excluding hydrogens is 1300 g/mol. The number of fused-ring (bicyclic) bond motifs is 11.